The molecular formula is C27H41BrFN5O2S. The van der Waals surface area contributed by atoms with Gasteiger partial charge in [-0.15, -0.1) is 0 Å². The fraction of sp³-hybridized carbons (Fsp3) is 0.593. The molecule has 37 heavy (non-hydrogen) atoms. The van der Waals surface area contributed by atoms with Gasteiger partial charge < -0.3 is 14.7 Å². The van der Waals surface area contributed by atoms with E-state index in [2.05, 4.69) is 61.1 Å². The fourth-order valence-corrected chi connectivity index (χ4v) is 6.07. The first-order valence-corrected chi connectivity index (χ1v) is 15.4. The van der Waals surface area contributed by atoms with E-state index in [4.69, 9.17) is 0 Å². The Bertz CT molecular complexity index is 1050. The molecule has 1 aliphatic heterocycles. The summed E-state index contributed by atoms with van der Waals surface area (Å²) < 4.78 is 30.0. The molecule has 0 bridgehead atoms. The predicted molar refractivity (Wildman–Crippen MR) is 155 cm³/mol. The van der Waals surface area contributed by atoms with Crippen LogP contribution in [0.1, 0.15) is 52.5 Å². The third-order valence-electron chi connectivity index (χ3n) is 7.05. The van der Waals surface area contributed by atoms with Gasteiger partial charge in [0.1, 0.15) is 16.8 Å². The van der Waals surface area contributed by atoms with Crippen molar-refractivity contribution in [2.75, 3.05) is 48.1 Å². The lowest BCUT2D eigenvalue weighted by Gasteiger charge is -2.45. The van der Waals surface area contributed by atoms with Crippen LogP contribution in [0.5, 0.6) is 5.75 Å². The Labute approximate surface area is 232 Å². The van der Waals surface area contributed by atoms with Crippen molar-refractivity contribution in [2.24, 2.45) is 0 Å². The molecule has 10 heteroatoms. The van der Waals surface area contributed by atoms with Crippen molar-refractivity contribution in [3.8, 4) is 5.75 Å². The first-order valence-electron chi connectivity index (χ1n) is 13.3. The largest absolute Gasteiger partial charge is 0.504 e. The summed E-state index contributed by atoms with van der Waals surface area (Å²) in [5, 5.41) is 10.7. The maximum absolute atomic E-state index is 14.3. The summed E-state index contributed by atoms with van der Waals surface area (Å²) >= 11 is 3.33. The van der Waals surface area contributed by atoms with Gasteiger partial charge in [-0.05, 0) is 51.4 Å². The number of hydrogen-bond acceptors (Lipinski definition) is 6. The molecule has 2 N–H and O–H groups in total. The summed E-state index contributed by atoms with van der Waals surface area (Å²) in [5.41, 5.74) is 1.29. The summed E-state index contributed by atoms with van der Waals surface area (Å²) in [6, 6.07) is 7.62. The van der Waals surface area contributed by atoms with E-state index in [1.807, 2.05) is 19.1 Å². The van der Waals surface area contributed by atoms with Crippen LogP contribution in [-0.2, 0) is 17.5 Å². The van der Waals surface area contributed by atoms with E-state index in [1.54, 1.807) is 12.3 Å². The molecule has 3 atom stereocenters. The van der Waals surface area contributed by atoms with Crippen molar-refractivity contribution in [3.63, 3.8) is 0 Å². The van der Waals surface area contributed by atoms with Crippen molar-refractivity contribution < 1.29 is 13.7 Å². The third kappa shape index (κ3) is 8.37. The van der Waals surface area contributed by atoms with Gasteiger partial charge in [-0.25, -0.2) is 13.6 Å². The number of pyridine rings is 1. The molecule has 206 valence electrons. The van der Waals surface area contributed by atoms with Crippen LogP contribution in [0.2, 0.25) is 0 Å². The molecule has 1 aliphatic rings. The SMILES string of the molecule is CCCS(=O)Nc1cnc(N2CCN(C(C)CCN(CC)Cc3ccc(Br)cc3F)C(CC)C2)c(O)c1. The van der Waals surface area contributed by atoms with Gasteiger partial charge in [0.15, 0.2) is 11.6 Å². The average molecular weight is 599 g/mol. The molecule has 2 aromatic rings. The number of anilines is 2. The van der Waals surface area contributed by atoms with Gasteiger partial charge in [-0.2, -0.15) is 0 Å². The Kier molecular flexibility index (Phi) is 11.6. The van der Waals surface area contributed by atoms with Gasteiger partial charge in [0.2, 0.25) is 0 Å². The molecule has 3 unspecified atom stereocenters. The first kappa shape index (κ1) is 29.8. The molecule has 1 aromatic heterocycles. The summed E-state index contributed by atoms with van der Waals surface area (Å²) in [5.74, 6) is 1.07. The monoisotopic (exact) mass is 597 g/mol. The Balaban J connectivity index is 1.57. The molecule has 7 nitrogen and oxygen atoms in total. The van der Waals surface area contributed by atoms with Crippen LogP contribution < -0.4 is 9.62 Å². The van der Waals surface area contributed by atoms with Gasteiger partial charge in [-0.3, -0.25) is 9.80 Å². The van der Waals surface area contributed by atoms with E-state index in [0.717, 1.165) is 62.0 Å². The first-order chi connectivity index (χ1) is 17.7. The van der Waals surface area contributed by atoms with Crippen LogP contribution in [-0.4, -0.2) is 74.7 Å². The normalized spacial score (nSPS) is 18.2. The molecule has 1 aromatic carbocycles. The van der Waals surface area contributed by atoms with Crippen LogP contribution >= 0.6 is 15.9 Å². The van der Waals surface area contributed by atoms with Crippen LogP contribution in [0.25, 0.3) is 0 Å². The molecule has 1 fully saturated rings. The van der Waals surface area contributed by atoms with Crippen LogP contribution in [0.15, 0.2) is 34.9 Å². The van der Waals surface area contributed by atoms with Crippen LogP contribution in [0, 0.1) is 5.82 Å². The van der Waals surface area contributed by atoms with Crippen molar-refractivity contribution in [3.05, 3.63) is 46.3 Å². The van der Waals surface area contributed by atoms with E-state index >= 15 is 0 Å². The number of aromatic nitrogens is 1. The smallest absolute Gasteiger partial charge is 0.171 e. The van der Waals surface area contributed by atoms with Gasteiger partial charge in [0.25, 0.3) is 0 Å². The van der Waals surface area contributed by atoms with Gasteiger partial charge >= 0.3 is 0 Å². The number of nitrogens with one attached hydrogen (secondary N) is 1. The highest BCUT2D eigenvalue weighted by Crippen LogP contribution is 2.30. The lowest BCUT2D eigenvalue weighted by atomic mass is 10.0. The zero-order valence-electron chi connectivity index (χ0n) is 22.4. The average Bonchev–Trinajstić information content (AvgIpc) is 2.87. The number of benzene rings is 1. The summed E-state index contributed by atoms with van der Waals surface area (Å²) in [6.07, 6.45) is 4.46. The lowest BCUT2D eigenvalue weighted by molar-refractivity contribution is 0.107. The zero-order valence-corrected chi connectivity index (χ0v) is 24.8. The number of nitrogens with zero attached hydrogens (tertiary/aromatic N) is 4. The quantitative estimate of drug-likeness (QED) is 0.323. The Morgan fingerprint density at radius 1 is 1.30 bits per heavy atom. The highest BCUT2D eigenvalue weighted by Gasteiger charge is 2.30. The predicted octanol–water partition coefficient (Wildman–Crippen LogP) is 5.38. The van der Waals surface area contributed by atoms with Crippen molar-refractivity contribution in [2.45, 2.75) is 65.6 Å². The van der Waals surface area contributed by atoms with Gasteiger partial charge in [0, 0.05) is 60.1 Å². The minimum absolute atomic E-state index is 0.105. The molecule has 3 rings (SSSR count). The molecule has 2 heterocycles. The highest BCUT2D eigenvalue weighted by atomic mass is 79.9. The second-order valence-electron chi connectivity index (χ2n) is 9.71. The Morgan fingerprint density at radius 3 is 2.73 bits per heavy atom. The minimum Gasteiger partial charge on any atom is -0.504 e. The van der Waals surface area contributed by atoms with E-state index in [-0.39, 0.29) is 11.6 Å². The van der Waals surface area contributed by atoms with E-state index in [9.17, 15) is 13.7 Å². The maximum atomic E-state index is 14.3. The Hall–Kier alpha value is -1.75. The Morgan fingerprint density at radius 2 is 2.08 bits per heavy atom. The fourth-order valence-electron chi connectivity index (χ4n) is 4.89. The molecule has 0 aliphatic carbocycles. The van der Waals surface area contributed by atoms with Crippen LogP contribution in [0.3, 0.4) is 0 Å². The highest BCUT2D eigenvalue weighted by molar-refractivity contribution is 9.10. The van der Waals surface area contributed by atoms with Crippen molar-refractivity contribution in [1.82, 2.24) is 14.8 Å². The van der Waals surface area contributed by atoms with Crippen molar-refractivity contribution in [1.29, 1.82) is 0 Å². The molecule has 1 saturated heterocycles. The number of hydrogen-bond donors (Lipinski definition) is 2. The number of aromatic hydroxyl groups is 1. The topological polar surface area (TPSA) is 71.9 Å². The minimum atomic E-state index is -1.17. The maximum Gasteiger partial charge on any atom is 0.171 e. The van der Waals surface area contributed by atoms with E-state index in [1.165, 1.54) is 6.07 Å². The molecule has 0 amide bonds. The third-order valence-corrected chi connectivity index (χ3v) is 8.79. The van der Waals surface area contributed by atoms with Crippen LogP contribution in [0.4, 0.5) is 15.9 Å². The summed E-state index contributed by atoms with van der Waals surface area (Å²) in [7, 11) is -1.17. The number of rotatable bonds is 13. The lowest BCUT2D eigenvalue weighted by Crippen LogP contribution is -2.56. The number of halogens is 2. The van der Waals surface area contributed by atoms with E-state index in [0.29, 0.717) is 35.9 Å². The van der Waals surface area contributed by atoms with Crippen molar-refractivity contribution >= 4 is 38.4 Å². The van der Waals surface area contributed by atoms with Gasteiger partial charge in [0.05, 0.1) is 11.9 Å². The van der Waals surface area contributed by atoms with Gasteiger partial charge in [-0.1, -0.05) is 42.8 Å². The number of piperazine rings is 1. The molecular weight excluding hydrogens is 557 g/mol. The van der Waals surface area contributed by atoms with E-state index < -0.39 is 11.0 Å². The second-order valence-corrected chi connectivity index (χ2v) is 11.9. The second kappa shape index (κ2) is 14.4. The molecule has 0 saturated carbocycles. The molecule has 0 spiro atoms. The zero-order chi connectivity index (χ0) is 26.9. The standard InChI is InChI=1S/C27H41BrFN5O2S/c1-5-14-37(36)31-23-16-26(35)27(30-17-23)33-12-13-34(24(6-2)19-33)20(4)10-11-32(7-3)18-21-8-9-22(28)15-25(21)29/h8-9,15-17,20,24,31,35H,5-7,10-14,18-19H2,1-4H3. The summed E-state index contributed by atoms with van der Waals surface area (Å²) in [6.45, 7) is 13.4. The molecule has 0 radical (unpaired) electrons. The summed E-state index contributed by atoms with van der Waals surface area (Å²) in [4.78, 5) is 11.5.